The summed E-state index contributed by atoms with van der Waals surface area (Å²) in [5.41, 5.74) is 8.60. The molecule has 3 heteroatoms. The van der Waals surface area contributed by atoms with Crippen molar-refractivity contribution in [2.45, 2.75) is 39.0 Å². The third-order valence-electron chi connectivity index (χ3n) is 5.00. The molecule has 0 atom stereocenters. The van der Waals surface area contributed by atoms with Crippen LogP contribution in [0.3, 0.4) is 0 Å². The Morgan fingerprint density at radius 3 is 2.86 bits per heavy atom. The lowest BCUT2D eigenvalue weighted by atomic mass is 9.91. The molecule has 112 valence electrons. The summed E-state index contributed by atoms with van der Waals surface area (Å²) >= 11 is 3.50. The van der Waals surface area contributed by atoms with Crippen LogP contribution in [0.15, 0.2) is 51.0 Å². The fourth-order valence-electron chi connectivity index (χ4n) is 3.81. The van der Waals surface area contributed by atoms with E-state index in [9.17, 15) is 4.79 Å². The van der Waals surface area contributed by atoms with E-state index in [0.717, 1.165) is 27.7 Å². The lowest BCUT2D eigenvalue weighted by Gasteiger charge is -2.14. The Balaban J connectivity index is 1.75. The van der Waals surface area contributed by atoms with Crippen molar-refractivity contribution in [2.24, 2.45) is 0 Å². The fourth-order valence-corrected chi connectivity index (χ4v) is 4.17. The molecule has 22 heavy (non-hydrogen) atoms. The van der Waals surface area contributed by atoms with E-state index < -0.39 is 0 Å². The van der Waals surface area contributed by atoms with Crippen molar-refractivity contribution < 1.29 is 4.79 Å². The quantitative estimate of drug-likeness (QED) is 0.673. The highest BCUT2D eigenvalue weighted by molar-refractivity contribution is 9.10. The number of hydrogen-bond donors (Lipinski definition) is 1. The first-order chi connectivity index (χ1) is 10.6. The van der Waals surface area contributed by atoms with Crippen LogP contribution in [0, 0.1) is 0 Å². The number of allylic oxidation sites excluding steroid dienone is 5. The normalized spacial score (nSPS) is 22.3. The van der Waals surface area contributed by atoms with Crippen molar-refractivity contribution in [3.63, 3.8) is 0 Å². The van der Waals surface area contributed by atoms with Crippen LogP contribution in [0.25, 0.3) is 5.57 Å². The predicted molar refractivity (Wildman–Crippen MR) is 93.6 cm³/mol. The molecule has 1 aliphatic heterocycles. The Morgan fingerprint density at radius 1 is 1.23 bits per heavy atom. The molecule has 0 fully saturated rings. The van der Waals surface area contributed by atoms with Gasteiger partial charge >= 0.3 is 0 Å². The van der Waals surface area contributed by atoms with Crippen LogP contribution in [-0.2, 0) is 4.79 Å². The average molecular weight is 356 g/mol. The maximum atomic E-state index is 12.3. The van der Waals surface area contributed by atoms with E-state index in [2.05, 4.69) is 34.2 Å². The summed E-state index contributed by atoms with van der Waals surface area (Å²) in [6, 6.07) is 5.94. The van der Waals surface area contributed by atoms with E-state index in [1.165, 1.54) is 36.8 Å². The van der Waals surface area contributed by atoms with Crippen LogP contribution in [0.2, 0.25) is 0 Å². The standard InChI is InChI=1S/C19H18BrNO/c1-11-13(8-12-4-2-3-5-15(11)12)9-17-16-10-14(20)6-7-18(16)21-19(17)22/h6-7,9-10H,2-5,8H2,1H3,(H,21,22). The van der Waals surface area contributed by atoms with Crippen molar-refractivity contribution in [3.05, 3.63) is 56.6 Å². The van der Waals surface area contributed by atoms with Gasteiger partial charge in [0.1, 0.15) is 0 Å². The topological polar surface area (TPSA) is 29.1 Å². The SMILES string of the molecule is CC1=C(C=C2C(=O)Nc3ccc(Br)cc32)CC2=C1CCCC2. The maximum Gasteiger partial charge on any atom is 0.256 e. The second-order valence-electron chi connectivity index (χ2n) is 6.32. The van der Waals surface area contributed by atoms with Gasteiger partial charge in [-0.1, -0.05) is 21.5 Å². The van der Waals surface area contributed by atoms with Gasteiger partial charge in [-0.15, -0.1) is 0 Å². The van der Waals surface area contributed by atoms with Gasteiger partial charge in [-0.3, -0.25) is 4.79 Å². The number of anilines is 1. The molecule has 1 amide bonds. The van der Waals surface area contributed by atoms with E-state index in [-0.39, 0.29) is 5.91 Å². The number of hydrogen-bond acceptors (Lipinski definition) is 1. The first-order valence-corrected chi connectivity index (χ1v) is 8.67. The van der Waals surface area contributed by atoms with Gasteiger partial charge in [0, 0.05) is 21.3 Å². The van der Waals surface area contributed by atoms with E-state index >= 15 is 0 Å². The lowest BCUT2D eigenvalue weighted by molar-refractivity contribution is -0.110. The number of carbonyl (C=O) groups excluding carboxylic acids is 1. The fraction of sp³-hybridized carbons (Fsp3) is 0.316. The largest absolute Gasteiger partial charge is 0.321 e. The second kappa shape index (κ2) is 5.24. The number of halogens is 1. The molecule has 2 nitrogen and oxygen atoms in total. The van der Waals surface area contributed by atoms with Gasteiger partial charge in [-0.2, -0.15) is 0 Å². The molecule has 0 radical (unpaired) electrons. The summed E-state index contributed by atoms with van der Waals surface area (Å²) < 4.78 is 1.00. The van der Waals surface area contributed by atoms with Crippen molar-refractivity contribution in [1.82, 2.24) is 0 Å². The minimum Gasteiger partial charge on any atom is -0.321 e. The van der Waals surface area contributed by atoms with E-state index in [0.29, 0.717) is 0 Å². The van der Waals surface area contributed by atoms with Gasteiger partial charge in [0.05, 0.1) is 0 Å². The molecule has 1 aromatic carbocycles. The number of benzene rings is 1. The highest BCUT2D eigenvalue weighted by Crippen LogP contribution is 2.43. The average Bonchev–Trinajstić information content (AvgIpc) is 2.99. The molecule has 1 aromatic rings. The Labute approximate surface area is 139 Å². The molecule has 0 aromatic heterocycles. The Kier molecular flexibility index (Phi) is 3.33. The van der Waals surface area contributed by atoms with Crippen LogP contribution in [0.4, 0.5) is 5.69 Å². The maximum absolute atomic E-state index is 12.3. The molecule has 0 unspecified atom stereocenters. The summed E-state index contributed by atoms with van der Waals surface area (Å²) in [6.07, 6.45) is 8.20. The molecule has 1 N–H and O–H groups in total. The Morgan fingerprint density at radius 2 is 2.05 bits per heavy atom. The predicted octanol–water partition coefficient (Wildman–Crippen LogP) is 5.38. The molecule has 0 spiro atoms. The summed E-state index contributed by atoms with van der Waals surface area (Å²) in [6.45, 7) is 2.22. The lowest BCUT2D eigenvalue weighted by Crippen LogP contribution is -2.04. The second-order valence-corrected chi connectivity index (χ2v) is 7.23. The molecule has 4 rings (SSSR count). The van der Waals surface area contributed by atoms with E-state index in [1.54, 1.807) is 11.1 Å². The minimum atomic E-state index is 0.0123. The van der Waals surface area contributed by atoms with Crippen molar-refractivity contribution in [1.29, 1.82) is 0 Å². The number of rotatable bonds is 1. The number of nitrogens with one attached hydrogen (secondary N) is 1. The zero-order valence-electron chi connectivity index (χ0n) is 12.6. The van der Waals surface area contributed by atoms with Crippen molar-refractivity contribution in [2.75, 3.05) is 5.32 Å². The zero-order chi connectivity index (χ0) is 15.3. The van der Waals surface area contributed by atoms with Crippen molar-refractivity contribution >= 4 is 33.1 Å². The van der Waals surface area contributed by atoms with Crippen LogP contribution >= 0.6 is 15.9 Å². The van der Waals surface area contributed by atoms with Gasteiger partial charge in [-0.05, 0) is 80.0 Å². The number of amides is 1. The van der Waals surface area contributed by atoms with Gasteiger partial charge in [0.15, 0.2) is 0 Å². The third-order valence-corrected chi connectivity index (χ3v) is 5.50. The van der Waals surface area contributed by atoms with Gasteiger partial charge in [0.2, 0.25) is 0 Å². The zero-order valence-corrected chi connectivity index (χ0v) is 14.2. The smallest absolute Gasteiger partial charge is 0.256 e. The highest BCUT2D eigenvalue weighted by atomic mass is 79.9. The van der Waals surface area contributed by atoms with E-state index in [1.807, 2.05) is 18.2 Å². The highest BCUT2D eigenvalue weighted by Gasteiger charge is 2.27. The molecule has 2 aliphatic carbocycles. The molecule has 0 saturated heterocycles. The molecular weight excluding hydrogens is 338 g/mol. The van der Waals surface area contributed by atoms with Crippen LogP contribution in [-0.4, -0.2) is 5.91 Å². The minimum absolute atomic E-state index is 0.0123. The summed E-state index contributed by atoms with van der Waals surface area (Å²) in [5.74, 6) is 0.0123. The summed E-state index contributed by atoms with van der Waals surface area (Å²) in [4.78, 5) is 12.3. The van der Waals surface area contributed by atoms with Gasteiger partial charge in [0.25, 0.3) is 5.91 Å². The van der Waals surface area contributed by atoms with E-state index in [4.69, 9.17) is 0 Å². The summed E-state index contributed by atoms with van der Waals surface area (Å²) in [5, 5.41) is 2.96. The molecular formula is C19H18BrNO. The monoisotopic (exact) mass is 355 g/mol. The Hall–Kier alpha value is -1.61. The first-order valence-electron chi connectivity index (χ1n) is 7.87. The van der Waals surface area contributed by atoms with Crippen LogP contribution in [0.1, 0.15) is 44.6 Å². The third kappa shape index (κ3) is 2.19. The van der Waals surface area contributed by atoms with Gasteiger partial charge in [-0.25, -0.2) is 0 Å². The van der Waals surface area contributed by atoms with Crippen LogP contribution < -0.4 is 5.32 Å². The molecule has 3 aliphatic rings. The number of fused-ring (bicyclic) bond motifs is 1. The summed E-state index contributed by atoms with van der Waals surface area (Å²) in [7, 11) is 0. The number of carbonyl (C=O) groups is 1. The Bertz CT molecular complexity index is 783. The van der Waals surface area contributed by atoms with Gasteiger partial charge < -0.3 is 5.32 Å². The molecule has 0 saturated carbocycles. The first kappa shape index (κ1) is 14.0. The molecule has 0 bridgehead atoms. The molecule has 1 heterocycles. The van der Waals surface area contributed by atoms with Crippen LogP contribution in [0.5, 0.6) is 0 Å². The van der Waals surface area contributed by atoms with Crippen molar-refractivity contribution in [3.8, 4) is 0 Å².